The van der Waals surface area contributed by atoms with Crippen LogP contribution in [0.5, 0.6) is 5.75 Å². The first-order valence-electron chi connectivity index (χ1n) is 14.1. The lowest BCUT2D eigenvalue weighted by atomic mass is 9.77. The molecule has 0 unspecified atom stereocenters. The average molecular weight is 545 g/mol. The number of nitrogens with zero attached hydrogens (tertiary/aromatic N) is 1. The lowest BCUT2D eigenvalue weighted by molar-refractivity contribution is -0.385. The first-order chi connectivity index (χ1) is 18.7. The van der Waals surface area contributed by atoms with Gasteiger partial charge in [0, 0.05) is 28.6 Å². The Morgan fingerprint density at radius 1 is 0.872 bits per heavy atom. The van der Waals surface area contributed by atoms with Crippen LogP contribution in [0.3, 0.4) is 0 Å². The van der Waals surface area contributed by atoms with E-state index in [1.165, 1.54) is 44.9 Å². The Morgan fingerprint density at radius 3 is 1.85 bits per heavy atom. The van der Waals surface area contributed by atoms with Crippen molar-refractivity contribution in [1.29, 1.82) is 0 Å². The fraction of sp³-hybridized carbons (Fsp3) is 0.600. The Hall–Kier alpha value is -3.36. The molecule has 1 N–H and O–H groups in total. The van der Waals surface area contributed by atoms with Crippen molar-refractivity contribution < 1.29 is 28.7 Å². The smallest absolute Gasteiger partial charge is 0.336 e. The van der Waals surface area contributed by atoms with E-state index in [-0.39, 0.29) is 30.0 Å². The Kier molecular flexibility index (Phi) is 13.0. The zero-order valence-corrected chi connectivity index (χ0v) is 24.3. The molecule has 0 spiro atoms. The van der Waals surface area contributed by atoms with Crippen LogP contribution in [0.1, 0.15) is 103 Å². The number of unbranched alkanes of at least 4 members (excludes halogenated alkanes) is 7. The zero-order chi connectivity index (χ0) is 28.9. The van der Waals surface area contributed by atoms with E-state index in [1.807, 2.05) is 0 Å². The van der Waals surface area contributed by atoms with Crippen LogP contribution < -0.4 is 10.1 Å². The maximum absolute atomic E-state index is 13.3. The van der Waals surface area contributed by atoms with Gasteiger partial charge in [0.05, 0.1) is 42.3 Å². The van der Waals surface area contributed by atoms with Gasteiger partial charge in [-0.1, -0.05) is 51.9 Å². The predicted molar refractivity (Wildman–Crippen MR) is 151 cm³/mol. The van der Waals surface area contributed by atoms with Crippen LogP contribution in [0, 0.1) is 10.1 Å². The van der Waals surface area contributed by atoms with E-state index < -0.39 is 22.8 Å². The first kappa shape index (κ1) is 31.9. The van der Waals surface area contributed by atoms with Crippen LogP contribution in [-0.2, 0) is 25.5 Å². The number of benzene rings is 1. The molecule has 0 fully saturated rings. The van der Waals surface area contributed by atoms with Gasteiger partial charge in [0.2, 0.25) is 0 Å². The van der Waals surface area contributed by atoms with Crippen molar-refractivity contribution in [3.8, 4) is 5.75 Å². The summed E-state index contributed by atoms with van der Waals surface area (Å²) in [7, 11) is 1.48. The second-order valence-corrected chi connectivity index (χ2v) is 9.74. The SMILES string of the molecule is CCCCCCCCCCc1c([N+](=O)[O-])ccc(OC)c1C1C(C(=O)OCC)=C(C)NC(C)=C1C(=O)OCC. The second kappa shape index (κ2) is 15.9. The van der Waals surface area contributed by atoms with E-state index >= 15 is 0 Å². The van der Waals surface area contributed by atoms with E-state index in [2.05, 4.69) is 12.2 Å². The molecule has 1 aliphatic heterocycles. The molecule has 0 saturated heterocycles. The number of carbonyl (C=O) groups excluding carboxylic acids is 2. The molecule has 39 heavy (non-hydrogen) atoms. The quantitative estimate of drug-likeness (QED) is 0.106. The molecule has 0 atom stereocenters. The van der Waals surface area contributed by atoms with Gasteiger partial charge in [0.15, 0.2) is 0 Å². The number of rotatable bonds is 16. The summed E-state index contributed by atoms with van der Waals surface area (Å²) in [5.74, 6) is -1.80. The number of nitro benzene ring substituents is 1. The van der Waals surface area contributed by atoms with Gasteiger partial charge in [-0.15, -0.1) is 0 Å². The van der Waals surface area contributed by atoms with Crippen molar-refractivity contribution in [1.82, 2.24) is 5.32 Å². The third-order valence-electron chi connectivity index (χ3n) is 7.03. The number of dihydropyridines is 1. The van der Waals surface area contributed by atoms with Crippen molar-refractivity contribution in [2.45, 2.75) is 98.3 Å². The number of carbonyl (C=O) groups is 2. The molecule has 0 aromatic heterocycles. The van der Waals surface area contributed by atoms with Gasteiger partial charge >= 0.3 is 11.9 Å². The molecule has 1 aromatic rings. The molecule has 216 valence electrons. The topological polar surface area (TPSA) is 117 Å². The summed E-state index contributed by atoms with van der Waals surface area (Å²) in [5.41, 5.74) is 2.27. The highest BCUT2D eigenvalue weighted by Crippen LogP contribution is 2.47. The van der Waals surface area contributed by atoms with Crippen LogP contribution in [-0.4, -0.2) is 37.2 Å². The number of esters is 2. The third-order valence-corrected chi connectivity index (χ3v) is 7.03. The Balaban J connectivity index is 2.65. The van der Waals surface area contributed by atoms with E-state index in [0.29, 0.717) is 34.7 Å². The highest BCUT2D eigenvalue weighted by molar-refractivity contribution is 6.00. The van der Waals surface area contributed by atoms with Crippen LogP contribution >= 0.6 is 0 Å². The first-order valence-corrected chi connectivity index (χ1v) is 14.1. The maximum Gasteiger partial charge on any atom is 0.336 e. The van der Waals surface area contributed by atoms with Crippen molar-refractivity contribution in [2.75, 3.05) is 20.3 Å². The van der Waals surface area contributed by atoms with E-state index in [9.17, 15) is 19.7 Å². The molecular formula is C30H44N2O7. The number of nitro groups is 1. The minimum Gasteiger partial charge on any atom is -0.496 e. The summed E-state index contributed by atoms with van der Waals surface area (Å²) in [6.45, 7) is 9.32. The van der Waals surface area contributed by atoms with Crippen molar-refractivity contribution in [3.63, 3.8) is 0 Å². The molecule has 0 radical (unpaired) electrons. The third kappa shape index (κ3) is 8.07. The average Bonchev–Trinajstić information content (AvgIpc) is 2.89. The van der Waals surface area contributed by atoms with E-state index in [0.717, 1.165) is 25.7 Å². The van der Waals surface area contributed by atoms with Crippen LogP contribution in [0.4, 0.5) is 5.69 Å². The van der Waals surface area contributed by atoms with Gasteiger partial charge in [0.1, 0.15) is 5.75 Å². The Morgan fingerprint density at radius 2 is 1.38 bits per heavy atom. The van der Waals surface area contributed by atoms with Crippen molar-refractivity contribution >= 4 is 17.6 Å². The summed E-state index contributed by atoms with van der Waals surface area (Å²) >= 11 is 0. The number of nitrogens with one attached hydrogen (secondary N) is 1. The predicted octanol–water partition coefficient (Wildman–Crippen LogP) is 6.65. The van der Waals surface area contributed by atoms with E-state index in [4.69, 9.17) is 14.2 Å². The number of hydrogen-bond acceptors (Lipinski definition) is 8. The standard InChI is InChI=1S/C30H44N2O7/c1-7-10-11-12-13-14-15-16-17-22-23(32(35)36)18-19-24(37-6)27(22)28-25(29(33)38-8-2)20(4)31-21(5)26(28)30(34)39-9-3/h18-19,28,31H,7-17H2,1-6H3. The Labute approximate surface area is 232 Å². The van der Waals surface area contributed by atoms with E-state index in [1.54, 1.807) is 27.7 Å². The highest BCUT2D eigenvalue weighted by atomic mass is 16.6. The number of methoxy groups -OCH3 is 1. The molecule has 0 saturated carbocycles. The van der Waals surface area contributed by atoms with Crippen LogP contribution in [0.2, 0.25) is 0 Å². The molecule has 0 aliphatic carbocycles. The summed E-state index contributed by atoms with van der Waals surface area (Å²) in [6, 6.07) is 2.97. The minimum absolute atomic E-state index is 0.0611. The van der Waals surface area contributed by atoms with Gasteiger partial charge in [-0.3, -0.25) is 10.1 Å². The Bertz CT molecular complexity index is 1050. The minimum atomic E-state index is -0.955. The molecule has 1 aromatic carbocycles. The fourth-order valence-corrected chi connectivity index (χ4v) is 5.24. The summed E-state index contributed by atoms with van der Waals surface area (Å²) in [4.78, 5) is 38.4. The van der Waals surface area contributed by atoms with Gasteiger partial charge in [0.25, 0.3) is 5.69 Å². The molecule has 1 aliphatic rings. The normalized spacial score (nSPS) is 13.8. The number of allylic oxidation sites excluding steroid dienone is 2. The van der Waals surface area contributed by atoms with Gasteiger partial charge < -0.3 is 19.5 Å². The zero-order valence-electron chi connectivity index (χ0n) is 24.3. The van der Waals surface area contributed by atoms with Crippen LogP contribution in [0.25, 0.3) is 0 Å². The van der Waals surface area contributed by atoms with Crippen molar-refractivity contribution in [3.05, 3.63) is 55.9 Å². The number of ether oxygens (including phenoxy) is 3. The number of hydrogen-bond donors (Lipinski definition) is 1. The summed E-state index contributed by atoms with van der Waals surface area (Å²) < 4.78 is 16.5. The molecule has 9 heteroatoms. The summed E-state index contributed by atoms with van der Waals surface area (Å²) in [5, 5.41) is 15.3. The molecule has 0 amide bonds. The largest absolute Gasteiger partial charge is 0.496 e. The monoisotopic (exact) mass is 544 g/mol. The molecule has 2 rings (SSSR count). The molecule has 1 heterocycles. The highest BCUT2D eigenvalue weighted by Gasteiger charge is 2.41. The molecular weight excluding hydrogens is 500 g/mol. The maximum atomic E-state index is 13.3. The summed E-state index contributed by atoms with van der Waals surface area (Å²) in [6.07, 6.45) is 9.08. The molecule has 0 bridgehead atoms. The van der Waals surface area contributed by atoms with Gasteiger partial charge in [-0.2, -0.15) is 0 Å². The van der Waals surface area contributed by atoms with Gasteiger partial charge in [-0.05, 0) is 46.6 Å². The second-order valence-electron chi connectivity index (χ2n) is 9.74. The van der Waals surface area contributed by atoms with Gasteiger partial charge in [-0.25, -0.2) is 9.59 Å². The lowest BCUT2D eigenvalue weighted by Gasteiger charge is -2.32. The fourth-order valence-electron chi connectivity index (χ4n) is 5.24. The molecule has 9 nitrogen and oxygen atoms in total. The van der Waals surface area contributed by atoms with Crippen molar-refractivity contribution in [2.24, 2.45) is 0 Å². The van der Waals surface area contributed by atoms with Crippen LogP contribution in [0.15, 0.2) is 34.7 Å². The lowest BCUT2D eigenvalue weighted by Crippen LogP contribution is -2.33.